The summed E-state index contributed by atoms with van der Waals surface area (Å²) in [6, 6.07) is 7.85. The zero-order chi connectivity index (χ0) is 16.7. The zero-order valence-electron chi connectivity index (χ0n) is 15.3. The van der Waals surface area contributed by atoms with Gasteiger partial charge in [0.15, 0.2) is 0 Å². The number of carbonyl (C=O) groups is 1. The molecule has 0 unspecified atom stereocenters. The fourth-order valence-electron chi connectivity index (χ4n) is 3.18. The molecule has 25 heavy (non-hydrogen) atoms. The van der Waals surface area contributed by atoms with Crippen LogP contribution in [0.15, 0.2) is 24.3 Å². The molecule has 5 nitrogen and oxygen atoms in total. The Morgan fingerprint density at radius 1 is 1.28 bits per heavy atom. The van der Waals surface area contributed by atoms with E-state index in [0.29, 0.717) is 13.2 Å². The number of nitrogens with one attached hydrogen (secondary N) is 2. The number of hydrogen-bond donors (Lipinski definition) is 2. The van der Waals surface area contributed by atoms with Gasteiger partial charge >= 0.3 is 0 Å². The molecule has 2 N–H and O–H groups in total. The van der Waals surface area contributed by atoms with E-state index in [2.05, 4.69) is 21.6 Å². The highest BCUT2D eigenvalue weighted by Gasteiger charge is 2.32. The molecule has 1 aromatic carbocycles. The molecule has 0 bridgehead atoms. The Balaban J connectivity index is 0.00000288. The van der Waals surface area contributed by atoms with E-state index < -0.39 is 0 Å². The third-order valence-corrected chi connectivity index (χ3v) is 4.43. The lowest BCUT2D eigenvalue weighted by atomic mass is 9.79. The number of halogens is 2. The number of methoxy groups -OCH3 is 1. The monoisotopic (exact) mass is 391 g/mol. The number of carbonyl (C=O) groups excluding carboxylic acids is 1. The van der Waals surface area contributed by atoms with Crippen LogP contribution in [-0.4, -0.2) is 58.3 Å². The van der Waals surface area contributed by atoms with E-state index in [1.807, 2.05) is 32.3 Å². The molecule has 7 heteroatoms. The van der Waals surface area contributed by atoms with Crippen molar-refractivity contribution in [2.24, 2.45) is 5.41 Å². The van der Waals surface area contributed by atoms with E-state index in [1.54, 1.807) is 7.11 Å². The highest BCUT2D eigenvalue weighted by molar-refractivity contribution is 5.94. The molecule has 0 spiro atoms. The van der Waals surface area contributed by atoms with Crippen LogP contribution in [0.25, 0.3) is 0 Å². The fourth-order valence-corrected chi connectivity index (χ4v) is 3.18. The molecule has 1 aromatic rings. The minimum atomic E-state index is -0.000355. The summed E-state index contributed by atoms with van der Waals surface area (Å²) in [6.07, 6.45) is 2.06. The Bertz CT molecular complexity index is 515. The lowest BCUT2D eigenvalue weighted by Crippen LogP contribution is -2.47. The van der Waals surface area contributed by atoms with Crippen molar-refractivity contribution in [1.29, 1.82) is 0 Å². The van der Waals surface area contributed by atoms with E-state index in [9.17, 15) is 4.79 Å². The molecule has 0 aromatic heterocycles. The summed E-state index contributed by atoms with van der Waals surface area (Å²) < 4.78 is 5.40. The second-order valence-electron chi connectivity index (χ2n) is 6.80. The molecule has 1 saturated heterocycles. The molecule has 2 rings (SSSR count). The van der Waals surface area contributed by atoms with Crippen molar-refractivity contribution in [3.8, 4) is 0 Å². The average Bonchev–Trinajstić information content (AvgIpc) is 2.53. The molecule has 0 radical (unpaired) electrons. The predicted octanol–water partition coefficient (Wildman–Crippen LogP) is 2.34. The van der Waals surface area contributed by atoms with Gasteiger partial charge in [0, 0.05) is 31.2 Å². The molecule has 0 aliphatic carbocycles. The van der Waals surface area contributed by atoms with Crippen molar-refractivity contribution in [3.63, 3.8) is 0 Å². The van der Waals surface area contributed by atoms with Gasteiger partial charge in [0.2, 0.25) is 0 Å². The van der Waals surface area contributed by atoms with Crippen molar-refractivity contribution >= 4 is 30.7 Å². The Hall–Kier alpha value is -0.850. The first-order chi connectivity index (χ1) is 11.0. The number of piperidine rings is 1. The van der Waals surface area contributed by atoms with Crippen LogP contribution in [0.2, 0.25) is 0 Å². The molecule has 0 atom stereocenters. The Morgan fingerprint density at radius 3 is 2.56 bits per heavy atom. The molecule has 0 saturated carbocycles. The minimum Gasteiger partial charge on any atom is -0.384 e. The molecular formula is C18H31Cl2N3O2. The first kappa shape index (κ1) is 24.1. The third-order valence-electron chi connectivity index (χ3n) is 4.43. The summed E-state index contributed by atoms with van der Waals surface area (Å²) in [5.41, 5.74) is 1.93. The predicted molar refractivity (Wildman–Crippen MR) is 107 cm³/mol. The molecule has 1 aliphatic rings. The smallest absolute Gasteiger partial charge is 0.251 e. The van der Waals surface area contributed by atoms with Crippen molar-refractivity contribution in [3.05, 3.63) is 35.4 Å². The summed E-state index contributed by atoms with van der Waals surface area (Å²) >= 11 is 0. The largest absolute Gasteiger partial charge is 0.384 e. The van der Waals surface area contributed by atoms with Gasteiger partial charge < -0.3 is 20.3 Å². The number of ether oxygens (including phenoxy) is 1. The van der Waals surface area contributed by atoms with Crippen LogP contribution in [0.4, 0.5) is 0 Å². The number of hydrogen-bond acceptors (Lipinski definition) is 4. The van der Waals surface area contributed by atoms with Crippen LogP contribution in [0, 0.1) is 5.41 Å². The van der Waals surface area contributed by atoms with Crippen LogP contribution < -0.4 is 10.6 Å². The molecular weight excluding hydrogens is 361 g/mol. The van der Waals surface area contributed by atoms with Gasteiger partial charge in [-0.15, -0.1) is 24.8 Å². The van der Waals surface area contributed by atoms with Crippen LogP contribution >= 0.6 is 24.8 Å². The summed E-state index contributed by atoms with van der Waals surface area (Å²) in [5, 5.41) is 6.48. The third kappa shape index (κ3) is 7.50. The number of benzene rings is 1. The van der Waals surface area contributed by atoms with Crippen LogP contribution in [0.3, 0.4) is 0 Å². The van der Waals surface area contributed by atoms with Crippen LogP contribution in [0.5, 0.6) is 0 Å². The Kier molecular flexibility index (Phi) is 11.3. The van der Waals surface area contributed by atoms with Gasteiger partial charge in [0.05, 0.1) is 6.61 Å². The standard InChI is InChI=1S/C18H29N3O2.2ClH/c1-21(2)12-15-5-4-6-16(11-15)17(22)20-13-18(14-23-3)7-9-19-10-8-18;;/h4-6,11,19H,7-10,12-14H2,1-3H3,(H,20,22);2*1H. The molecule has 1 fully saturated rings. The summed E-state index contributed by atoms with van der Waals surface area (Å²) in [4.78, 5) is 14.6. The Morgan fingerprint density at radius 2 is 1.96 bits per heavy atom. The van der Waals surface area contributed by atoms with E-state index in [-0.39, 0.29) is 36.1 Å². The maximum atomic E-state index is 12.5. The van der Waals surface area contributed by atoms with Crippen LogP contribution in [-0.2, 0) is 11.3 Å². The number of amides is 1. The first-order valence-electron chi connectivity index (χ1n) is 8.26. The van der Waals surface area contributed by atoms with Gasteiger partial charge in [-0.05, 0) is 57.7 Å². The van der Waals surface area contributed by atoms with Gasteiger partial charge in [-0.1, -0.05) is 12.1 Å². The van der Waals surface area contributed by atoms with Gasteiger partial charge in [-0.2, -0.15) is 0 Å². The van der Waals surface area contributed by atoms with E-state index >= 15 is 0 Å². The minimum absolute atomic E-state index is 0. The Labute approximate surface area is 163 Å². The first-order valence-corrected chi connectivity index (χ1v) is 8.26. The highest BCUT2D eigenvalue weighted by Crippen LogP contribution is 2.28. The zero-order valence-corrected chi connectivity index (χ0v) is 17.0. The summed E-state index contributed by atoms with van der Waals surface area (Å²) in [7, 11) is 5.78. The van der Waals surface area contributed by atoms with Crippen molar-refractivity contribution < 1.29 is 9.53 Å². The topological polar surface area (TPSA) is 53.6 Å². The quantitative estimate of drug-likeness (QED) is 0.748. The SMILES string of the molecule is COCC1(CNC(=O)c2cccc(CN(C)C)c2)CCNCC1.Cl.Cl. The van der Waals surface area contributed by atoms with Gasteiger partial charge in [0.25, 0.3) is 5.91 Å². The maximum Gasteiger partial charge on any atom is 0.251 e. The van der Waals surface area contributed by atoms with Crippen LogP contribution in [0.1, 0.15) is 28.8 Å². The van der Waals surface area contributed by atoms with Gasteiger partial charge in [0.1, 0.15) is 0 Å². The van der Waals surface area contributed by atoms with Crippen molar-refractivity contribution in [2.45, 2.75) is 19.4 Å². The van der Waals surface area contributed by atoms with Gasteiger partial charge in [-0.3, -0.25) is 4.79 Å². The molecule has 1 aliphatic heterocycles. The number of rotatable bonds is 7. The van der Waals surface area contributed by atoms with Gasteiger partial charge in [-0.25, -0.2) is 0 Å². The van der Waals surface area contributed by atoms with Crippen molar-refractivity contribution in [1.82, 2.24) is 15.5 Å². The maximum absolute atomic E-state index is 12.5. The second-order valence-corrected chi connectivity index (χ2v) is 6.80. The average molecular weight is 392 g/mol. The molecule has 1 amide bonds. The molecule has 1 heterocycles. The highest BCUT2D eigenvalue weighted by atomic mass is 35.5. The van der Waals surface area contributed by atoms with E-state index in [4.69, 9.17) is 4.74 Å². The fraction of sp³-hybridized carbons (Fsp3) is 0.611. The lowest BCUT2D eigenvalue weighted by molar-refractivity contribution is 0.0511. The van der Waals surface area contributed by atoms with Crippen molar-refractivity contribution in [2.75, 3.05) is 47.4 Å². The van der Waals surface area contributed by atoms with E-state index in [1.165, 1.54) is 0 Å². The lowest BCUT2D eigenvalue weighted by Gasteiger charge is -2.37. The summed E-state index contributed by atoms with van der Waals surface area (Å²) in [5.74, 6) is -0.000355. The normalized spacial score (nSPS) is 15.8. The number of nitrogens with zero attached hydrogens (tertiary/aromatic N) is 1. The summed E-state index contributed by atoms with van der Waals surface area (Å²) in [6.45, 7) is 4.16. The second kappa shape index (κ2) is 11.7. The molecule has 144 valence electrons. The van der Waals surface area contributed by atoms with E-state index in [0.717, 1.165) is 43.6 Å².